The molecule has 0 aliphatic carbocycles. The number of hydrogen-bond donors (Lipinski definition) is 3. The van der Waals surface area contributed by atoms with Gasteiger partial charge in [0, 0.05) is 38.5 Å². The number of nitrogens with zero attached hydrogens (tertiary/aromatic N) is 2. The van der Waals surface area contributed by atoms with Gasteiger partial charge in [0.1, 0.15) is 6.10 Å². The Morgan fingerprint density at radius 2 is 1.66 bits per heavy atom. The van der Waals surface area contributed by atoms with Crippen molar-refractivity contribution < 1.29 is 37.0 Å². The third-order valence-electron chi connectivity index (χ3n) is 6.94. The van der Waals surface area contributed by atoms with Gasteiger partial charge >= 0.3 is 19.4 Å². The Bertz CT molecular complexity index is 1350. The Labute approximate surface area is 276 Å². The Hall–Kier alpha value is -3.06. The molecule has 0 saturated carbocycles. The summed E-state index contributed by atoms with van der Waals surface area (Å²) in [6.45, 7) is 3.05. The molecule has 2 heterocycles. The monoisotopic (exact) mass is 682 g/mol. The smallest absolute Gasteiger partial charge is 0.384 e. The maximum atomic E-state index is 14.7. The minimum atomic E-state index is -3.99. The number of aryl methyl sites for hydroxylation is 1. The first-order chi connectivity index (χ1) is 22.5. The number of unbranched alkanes of at least 4 members (excludes halogenated alkanes) is 1. The topological polar surface area (TPSA) is 141 Å². The van der Waals surface area contributed by atoms with Gasteiger partial charge in [-0.15, -0.1) is 0 Å². The normalized spacial score (nSPS) is 21.2. The number of rotatable bonds is 22. The van der Waals surface area contributed by atoms with E-state index in [9.17, 15) is 28.0 Å². The molecule has 1 amide bonds. The van der Waals surface area contributed by atoms with Gasteiger partial charge in [0.2, 0.25) is 12.1 Å². The highest BCUT2D eigenvalue weighted by Crippen LogP contribution is 2.46. The molecule has 4 atom stereocenters. The van der Waals surface area contributed by atoms with Gasteiger partial charge in [-0.3, -0.25) is 13.9 Å². The molecule has 0 spiro atoms. The fourth-order valence-electron chi connectivity index (χ4n) is 4.35. The molecule has 1 saturated heterocycles. The van der Waals surface area contributed by atoms with Crippen molar-refractivity contribution in [3.05, 3.63) is 89.2 Å². The zero-order valence-corrected chi connectivity index (χ0v) is 28.3. The molecule has 3 N–H and O–H groups in total. The van der Waals surface area contributed by atoms with E-state index in [0.29, 0.717) is 23.1 Å². The van der Waals surface area contributed by atoms with E-state index in [1.807, 2.05) is 6.08 Å². The quantitative estimate of drug-likeness (QED) is 0.0781. The highest BCUT2D eigenvalue weighted by atomic mass is 31.2. The average Bonchev–Trinajstić information content (AvgIpc) is 3.27. The zero-order valence-electron chi connectivity index (χ0n) is 27.4. The number of allylic oxidation sites excluding steroid dienone is 10. The summed E-state index contributed by atoms with van der Waals surface area (Å²) in [5, 5.41) is 15.4. The Morgan fingerprint density at radius 1 is 1.06 bits per heavy atom. The first-order valence-electron chi connectivity index (χ1n) is 15.9. The van der Waals surface area contributed by atoms with E-state index in [4.69, 9.17) is 13.8 Å². The third-order valence-corrected chi connectivity index (χ3v) is 8.52. The van der Waals surface area contributed by atoms with E-state index in [2.05, 4.69) is 77.0 Å². The Morgan fingerprint density at radius 3 is 2.23 bits per heavy atom. The summed E-state index contributed by atoms with van der Waals surface area (Å²) in [6, 6.07) is 1.35. The number of amides is 1. The zero-order chi connectivity index (χ0) is 34.5. The number of carbonyl (C=O) groups excluding carboxylic acids is 1. The molecular formula is C33H49F2N4O7P. The van der Waals surface area contributed by atoms with Crippen LogP contribution in [0.5, 0.6) is 0 Å². The van der Waals surface area contributed by atoms with Gasteiger partial charge < -0.3 is 19.7 Å². The lowest BCUT2D eigenvalue weighted by Crippen LogP contribution is -2.42. The largest absolute Gasteiger partial charge is 0.405 e. The lowest BCUT2D eigenvalue weighted by molar-refractivity contribution is -0.141. The van der Waals surface area contributed by atoms with Crippen LogP contribution in [0.3, 0.4) is 0 Å². The number of carbonyl (C=O) groups is 1. The summed E-state index contributed by atoms with van der Waals surface area (Å²) in [7, 11) is -2.89. The van der Waals surface area contributed by atoms with Crippen molar-refractivity contribution in [1.82, 2.24) is 20.0 Å². The molecule has 14 heteroatoms. The van der Waals surface area contributed by atoms with E-state index < -0.39 is 44.4 Å². The van der Waals surface area contributed by atoms with Gasteiger partial charge in [-0.2, -0.15) is 13.8 Å². The number of nitrogens with one attached hydrogen (secondary N) is 2. The van der Waals surface area contributed by atoms with Crippen LogP contribution in [0.2, 0.25) is 0 Å². The minimum Gasteiger partial charge on any atom is -0.384 e. The molecular weight excluding hydrogens is 633 g/mol. The maximum Gasteiger partial charge on any atom is 0.405 e. The van der Waals surface area contributed by atoms with Crippen LogP contribution in [0.25, 0.3) is 0 Å². The van der Waals surface area contributed by atoms with Crippen molar-refractivity contribution in [1.29, 1.82) is 0 Å². The van der Waals surface area contributed by atoms with Crippen LogP contribution >= 0.6 is 7.75 Å². The molecule has 4 unspecified atom stereocenters. The Balaban J connectivity index is 1.60. The van der Waals surface area contributed by atoms with Crippen LogP contribution in [-0.4, -0.2) is 65.5 Å². The summed E-state index contributed by atoms with van der Waals surface area (Å²) in [5.74, 6) is -4.03. The second-order valence-corrected chi connectivity index (χ2v) is 12.7. The van der Waals surface area contributed by atoms with Gasteiger partial charge in [0.05, 0.1) is 6.61 Å². The molecule has 1 aliphatic rings. The summed E-state index contributed by atoms with van der Waals surface area (Å²) < 4.78 is 58.2. The molecule has 262 valence electrons. The van der Waals surface area contributed by atoms with Crippen LogP contribution in [0.1, 0.15) is 70.2 Å². The summed E-state index contributed by atoms with van der Waals surface area (Å²) >= 11 is 0. The van der Waals surface area contributed by atoms with Gasteiger partial charge in [0.15, 0.2) is 6.10 Å². The predicted molar refractivity (Wildman–Crippen MR) is 178 cm³/mol. The average molecular weight is 683 g/mol. The first kappa shape index (κ1) is 40.1. The molecule has 1 aromatic heterocycles. The lowest BCUT2D eigenvalue weighted by atomic mass is 10.1. The van der Waals surface area contributed by atoms with Gasteiger partial charge in [-0.05, 0) is 57.9 Å². The molecule has 1 aromatic rings. The molecule has 0 aromatic carbocycles. The molecule has 47 heavy (non-hydrogen) atoms. The van der Waals surface area contributed by atoms with E-state index in [1.165, 1.54) is 13.0 Å². The van der Waals surface area contributed by atoms with Crippen molar-refractivity contribution in [2.75, 3.05) is 26.8 Å². The van der Waals surface area contributed by atoms with Crippen molar-refractivity contribution in [3.8, 4) is 0 Å². The standard InChI is InChI=1S/C33H49F2N4O7P/c1-4-5-6-7-8-9-10-11-12-13-14-15-16-17-18-19-20-21-29(40)36-23-24-37-47(43,44-3)45-26-28-30(41)33(34,35)31(46-28)39-25-22-27(2)38-32(39)42/h5-6,8-9,11-12,14-15,17-18,22,25,28,30-31,41H,4,7,10,13,16,19-21,23-24,26H2,1-3H3,(H,36,40)(H,37,43). The molecule has 11 nitrogen and oxygen atoms in total. The van der Waals surface area contributed by atoms with Gasteiger partial charge in [0.25, 0.3) is 0 Å². The number of alkyl halides is 2. The minimum absolute atomic E-state index is 0.00290. The van der Waals surface area contributed by atoms with E-state index in [0.717, 1.165) is 51.8 Å². The van der Waals surface area contributed by atoms with Gasteiger partial charge in [-0.25, -0.2) is 14.4 Å². The second-order valence-electron chi connectivity index (χ2n) is 10.7. The highest BCUT2D eigenvalue weighted by Gasteiger charge is 2.60. The second kappa shape index (κ2) is 21.7. The van der Waals surface area contributed by atoms with Crippen LogP contribution in [0.4, 0.5) is 8.78 Å². The molecule has 0 bridgehead atoms. The van der Waals surface area contributed by atoms with Crippen LogP contribution in [0.15, 0.2) is 77.8 Å². The van der Waals surface area contributed by atoms with Crippen molar-refractivity contribution in [2.45, 2.75) is 89.6 Å². The van der Waals surface area contributed by atoms with Crippen molar-refractivity contribution >= 4 is 13.7 Å². The predicted octanol–water partition coefficient (Wildman–Crippen LogP) is 5.84. The molecule has 1 aliphatic heterocycles. The molecule has 1 fully saturated rings. The number of ether oxygens (including phenoxy) is 1. The highest BCUT2D eigenvalue weighted by molar-refractivity contribution is 7.51. The lowest BCUT2D eigenvalue weighted by Gasteiger charge is -2.21. The van der Waals surface area contributed by atoms with E-state index >= 15 is 0 Å². The fourth-order valence-corrected chi connectivity index (χ4v) is 5.40. The summed E-state index contributed by atoms with van der Waals surface area (Å²) in [6.07, 6.45) is 22.8. The third kappa shape index (κ3) is 14.7. The van der Waals surface area contributed by atoms with Crippen LogP contribution < -0.4 is 16.1 Å². The number of aliphatic hydroxyl groups excluding tert-OH is 1. The van der Waals surface area contributed by atoms with E-state index in [-0.39, 0.29) is 19.0 Å². The van der Waals surface area contributed by atoms with Crippen molar-refractivity contribution in [3.63, 3.8) is 0 Å². The summed E-state index contributed by atoms with van der Waals surface area (Å²) in [4.78, 5) is 27.8. The maximum absolute atomic E-state index is 14.7. The van der Waals surface area contributed by atoms with Gasteiger partial charge in [-0.1, -0.05) is 67.7 Å². The molecule has 0 radical (unpaired) electrons. The number of aliphatic hydroxyl groups is 1. The molecule has 2 rings (SSSR count). The number of hydrogen-bond acceptors (Lipinski definition) is 8. The van der Waals surface area contributed by atoms with Crippen molar-refractivity contribution in [2.24, 2.45) is 0 Å². The summed E-state index contributed by atoms with van der Waals surface area (Å²) in [5.41, 5.74) is -0.637. The fraction of sp³-hybridized carbons (Fsp3) is 0.545. The Kier molecular flexibility index (Phi) is 18.6. The first-order valence-corrected chi connectivity index (χ1v) is 17.4. The number of halogens is 2. The SMILES string of the molecule is CCC=CCC=CCC=CCC=CCC=CCCCC(=O)NCCNP(=O)(OC)OCC1OC(n2ccc(C)nc2=O)C(F)(F)C1O. The van der Waals surface area contributed by atoms with Crippen LogP contribution in [0, 0.1) is 6.92 Å². The van der Waals surface area contributed by atoms with E-state index in [1.54, 1.807) is 0 Å². The van der Waals surface area contributed by atoms with Crippen LogP contribution in [-0.2, 0) is 23.1 Å². The number of aromatic nitrogens is 2.